The number of hydrogen-bond acceptors (Lipinski definition) is 2. The Hall–Kier alpha value is -2.36. The lowest BCUT2D eigenvalue weighted by Gasteiger charge is -2.16. The van der Waals surface area contributed by atoms with E-state index in [1.165, 1.54) is 18.2 Å². The molecule has 0 aromatic heterocycles. The third-order valence-electron chi connectivity index (χ3n) is 3.82. The summed E-state index contributed by atoms with van der Waals surface area (Å²) in [5.74, 6) is -0.698. The van der Waals surface area contributed by atoms with Crippen LogP contribution in [0.1, 0.15) is 29.8 Å². The summed E-state index contributed by atoms with van der Waals surface area (Å²) in [5.41, 5.74) is 1.91. The monoisotopic (exact) mass is 286 g/mol. The smallest absolute Gasteiger partial charge is 0.335 e. The first kappa shape index (κ1) is 13.6. The minimum absolute atomic E-state index is 0.0717. The molecule has 1 aliphatic heterocycles. The maximum Gasteiger partial charge on any atom is 0.335 e. The van der Waals surface area contributed by atoms with Gasteiger partial charge in [0.2, 0.25) is 0 Å². The van der Waals surface area contributed by atoms with Crippen LogP contribution in [0.5, 0.6) is 5.75 Å². The van der Waals surface area contributed by atoms with E-state index in [1.807, 2.05) is 12.1 Å². The summed E-state index contributed by atoms with van der Waals surface area (Å²) in [6, 6.07) is 9.26. The van der Waals surface area contributed by atoms with Crippen LogP contribution in [-0.4, -0.2) is 17.7 Å². The van der Waals surface area contributed by atoms with Gasteiger partial charge in [-0.15, -0.1) is 0 Å². The summed E-state index contributed by atoms with van der Waals surface area (Å²) < 4.78 is 19.6. The maximum atomic E-state index is 14.0. The molecular formula is C17H15FO3. The number of ether oxygens (including phenoxy) is 1. The lowest BCUT2D eigenvalue weighted by Crippen LogP contribution is -2.18. The number of carbonyl (C=O) groups is 1. The first-order chi connectivity index (χ1) is 9.88. The Morgan fingerprint density at radius 1 is 1.24 bits per heavy atom. The van der Waals surface area contributed by atoms with Crippen molar-refractivity contribution in [1.82, 2.24) is 0 Å². The molecule has 0 saturated carbocycles. The second-order valence-electron chi connectivity index (χ2n) is 5.88. The van der Waals surface area contributed by atoms with Gasteiger partial charge >= 0.3 is 5.97 Å². The predicted octanol–water partition coefficient (Wildman–Crippen LogP) is 3.86. The van der Waals surface area contributed by atoms with Gasteiger partial charge in [0, 0.05) is 16.5 Å². The Balaban J connectivity index is 2.14. The Morgan fingerprint density at radius 2 is 2.00 bits per heavy atom. The Labute approximate surface area is 122 Å². The molecule has 1 aliphatic rings. The van der Waals surface area contributed by atoms with Crippen LogP contribution in [0.15, 0.2) is 36.4 Å². The summed E-state index contributed by atoms with van der Waals surface area (Å²) in [6.07, 6.45) is 0. The molecule has 2 aromatic carbocycles. The molecule has 0 spiro atoms. The van der Waals surface area contributed by atoms with E-state index in [2.05, 4.69) is 13.8 Å². The normalized spacial score (nSPS) is 15.4. The predicted molar refractivity (Wildman–Crippen MR) is 77.3 cm³/mol. The van der Waals surface area contributed by atoms with Crippen molar-refractivity contribution in [3.8, 4) is 16.9 Å². The van der Waals surface area contributed by atoms with Gasteiger partial charge in [-0.3, -0.25) is 0 Å². The van der Waals surface area contributed by atoms with Crippen molar-refractivity contribution < 1.29 is 19.0 Å². The van der Waals surface area contributed by atoms with Crippen LogP contribution in [0, 0.1) is 5.82 Å². The standard InChI is InChI=1S/C17H15FO3/c1-17(2)9-21-15-6-4-10(8-13(15)17)12-7-11(16(19)20)3-5-14(12)18/h3-8H,9H2,1-2H3,(H,19,20). The van der Waals surface area contributed by atoms with Gasteiger partial charge in [0.1, 0.15) is 11.6 Å². The summed E-state index contributed by atoms with van der Waals surface area (Å²) in [4.78, 5) is 11.0. The van der Waals surface area contributed by atoms with Gasteiger partial charge in [0.05, 0.1) is 12.2 Å². The van der Waals surface area contributed by atoms with E-state index >= 15 is 0 Å². The molecule has 0 aliphatic carbocycles. The quantitative estimate of drug-likeness (QED) is 0.911. The van der Waals surface area contributed by atoms with Crippen LogP contribution in [-0.2, 0) is 5.41 Å². The summed E-state index contributed by atoms with van der Waals surface area (Å²) >= 11 is 0. The molecule has 4 heteroatoms. The number of rotatable bonds is 2. The highest BCUT2D eigenvalue weighted by Gasteiger charge is 2.32. The van der Waals surface area contributed by atoms with Crippen LogP contribution in [0.25, 0.3) is 11.1 Å². The SMILES string of the molecule is CC1(C)COc2ccc(-c3cc(C(=O)O)ccc3F)cc21. The lowest BCUT2D eigenvalue weighted by atomic mass is 9.85. The lowest BCUT2D eigenvalue weighted by molar-refractivity contribution is 0.0697. The fourth-order valence-corrected chi connectivity index (χ4v) is 2.57. The number of carboxylic acid groups (broad SMARTS) is 1. The van der Waals surface area contributed by atoms with Crippen molar-refractivity contribution >= 4 is 5.97 Å². The van der Waals surface area contributed by atoms with Crippen LogP contribution < -0.4 is 4.74 Å². The van der Waals surface area contributed by atoms with Crippen molar-refractivity contribution in [2.45, 2.75) is 19.3 Å². The Morgan fingerprint density at radius 3 is 2.71 bits per heavy atom. The van der Waals surface area contributed by atoms with E-state index in [-0.39, 0.29) is 11.0 Å². The highest BCUT2D eigenvalue weighted by molar-refractivity contribution is 5.89. The molecule has 0 fully saturated rings. The Bertz CT molecular complexity index is 735. The van der Waals surface area contributed by atoms with Gasteiger partial charge in [0.25, 0.3) is 0 Å². The maximum absolute atomic E-state index is 14.0. The number of halogens is 1. The zero-order valence-corrected chi connectivity index (χ0v) is 11.8. The summed E-state index contributed by atoms with van der Waals surface area (Å²) in [5, 5.41) is 9.04. The molecule has 108 valence electrons. The largest absolute Gasteiger partial charge is 0.492 e. The van der Waals surface area contributed by atoms with Crippen LogP contribution in [0.3, 0.4) is 0 Å². The van der Waals surface area contributed by atoms with Crippen molar-refractivity contribution in [2.75, 3.05) is 6.61 Å². The van der Waals surface area contributed by atoms with E-state index in [4.69, 9.17) is 9.84 Å². The van der Waals surface area contributed by atoms with E-state index in [9.17, 15) is 9.18 Å². The van der Waals surface area contributed by atoms with Crippen LogP contribution in [0.4, 0.5) is 4.39 Å². The molecule has 1 N–H and O–H groups in total. The molecule has 3 nitrogen and oxygen atoms in total. The molecular weight excluding hydrogens is 271 g/mol. The highest BCUT2D eigenvalue weighted by Crippen LogP contribution is 2.40. The average molecular weight is 286 g/mol. The number of aromatic carboxylic acids is 1. The van der Waals surface area contributed by atoms with Crippen molar-refractivity contribution in [3.05, 3.63) is 53.3 Å². The van der Waals surface area contributed by atoms with E-state index in [0.717, 1.165) is 11.3 Å². The topological polar surface area (TPSA) is 46.5 Å². The highest BCUT2D eigenvalue weighted by atomic mass is 19.1. The van der Waals surface area contributed by atoms with E-state index < -0.39 is 11.8 Å². The first-order valence-electron chi connectivity index (χ1n) is 6.69. The van der Waals surface area contributed by atoms with Gasteiger partial charge < -0.3 is 9.84 Å². The fourth-order valence-electron chi connectivity index (χ4n) is 2.57. The zero-order chi connectivity index (χ0) is 15.2. The number of hydrogen-bond donors (Lipinski definition) is 1. The van der Waals surface area contributed by atoms with Gasteiger partial charge in [-0.25, -0.2) is 9.18 Å². The molecule has 0 atom stereocenters. The fraction of sp³-hybridized carbons (Fsp3) is 0.235. The zero-order valence-electron chi connectivity index (χ0n) is 11.8. The Kier molecular flexibility index (Phi) is 2.97. The number of carboxylic acids is 1. The van der Waals surface area contributed by atoms with Crippen molar-refractivity contribution in [3.63, 3.8) is 0 Å². The van der Waals surface area contributed by atoms with Gasteiger partial charge in [-0.05, 0) is 35.9 Å². The van der Waals surface area contributed by atoms with Crippen molar-refractivity contribution in [2.24, 2.45) is 0 Å². The number of benzene rings is 2. The van der Waals surface area contributed by atoms with Crippen LogP contribution in [0.2, 0.25) is 0 Å². The second kappa shape index (κ2) is 4.58. The second-order valence-corrected chi connectivity index (χ2v) is 5.88. The summed E-state index contributed by atoms with van der Waals surface area (Å²) in [6.45, 7) is 4.71. The van der Waals surface area contributed by atoms with E-state index in [1.54, 1.807) is 6.07 Å². The van der Waals surface area contributed by atoms with Crippen LogP contribution >= 0.6 is 0 Å². The minimum atomic E-state index is -1.07. The minimum Gasteiger partial charge on any atom is -0.492 e. The average Bonchev–Trinajstić information content (AvgIpc) is 2.74. The van der Waals surface area contributed by atoms with Gasteiger partial charge in [-0.2, -0.15) is 0 Å². The molecule has 0 radical (unpaired) electrons. The molecule has 1 heterocycles. The third-order valence-corrected chi connectivity index (χ3v) is 3.82. The molecule has 0 saturated heterocycles. The first-order valence-corrected chi connectivity index (χ1v) is 6.69. The molecule has 0 unspecified atom stereocenters. The van der Waals surface area contributed by atoms with E-state index in [0.29, 0.717) is 17.7 Å². The molecule has 3 rings (SSSR count). The third kappa shape index (κ3) is 2.27. The molecule has 0 bridgehead atoms. The van der Waals surface area contributed by atoms with Gasteiger partial charge in [0.15, 0.2) is 0 Å². The molecule has 0 amide bonds. The molecule has 2 aromatic rings. The summed E-state index contributed by atoms with van der Waals surface area (Å²) in [7, 11) is 0. The number of fused-ring (bicyclic) bond motifs is 1. The van der Waals surface area contributed by atoms with Crippen molar-refractivity contribution in [1.29, 1.82) is 0 Å². The van der Waals surface area contributed by atoms with Gasteiger partial charge in [-0.1, -0.05) is 19.9 Å². The molecule has 21 heavy (non-hydrogen) atoms.